The van der Waals surface area contributed by atoms with E-state index in [1.54, 1.807) is 14.0 Å². The Morgan fingerprint density at radius 1 is 1.85 bits per heavy atom. The topological polar surface area (TPSA) is 81.2 Å². The van der Waals surface area contributed by atoms with Gasteiger partial charge in [-0.05, 0) is 6.92 Å². The highest BCUT2D eigenvalue weighted by Gasteiger charge is 2.19. The van der Waals surface area contributed by atoms with Crippen molar-refractivity contribution in [2.75, 3.05) is 0 Å². The van der Waals surface area contributed by atoms with Gasteiger partial charge < -0.3 is 5.11 Å². The summed E-state index contributed by atoms with van der Waals surface area (Å²) in [4.78, 5) is 9.99. The zero-order valence-electron chi connectivity index (χ0n) is 7.47. The average molecular weight is 185 g/mol. The first-order chi connectivity index (χ1) is 6.02. The highest BCUT2D eigenvalue weighted by atomic mass is 16.6. The molecule has 72 valence electrons. The zero-order valence-corrected chi connectivity index (χ0v) is 7.47. The second kappa shape index (κ2) is 3.53. The van der Waals surface area contributed by atoms with Crippen LogP contribution in [0.5, 0.6) is 0 Å². The predicted octanol–water partition coefficient (Wildman–Crippen LogP) is 0.252. The van der Waals surface area contributed by atoms with Crippen LogP contribution in [0.15, 0.2) is 6.20 Å². The summed E-state index contributed by atoms with van der Waals surface area (Å²) in [6.45, 7) is 1.58. The van der Waals surface area contributed by atoms with E-state index in [0.29, 0.717) is 5.69 Å². The Morgan fingerprint density at radius 3 is 2.92 bits per heavy atom. The third kappa shape index (κ3) is 2.03. The molecule has 1 aromatic heterocycles. The molecule has 0 aliphatic heterocycles. The zero-order chi connectivity index (χ0) is 10.0. The van der Waals surface area contributed by atoms with E-state index in [1.807, 2.05) is 0 Å². The van der Waals surface area contributed by atoms with Gasteiger partial charge in [0.25, 0.3) is 0 Å². The molecule has 0 bridgehead atoms. The molecule has 6 heteroatoms. The van der Waals surface area contributed by atoms with Crippen molar-refractivity contribution in [3.63, 3.8) is 0 Å². The van der Waals surface area contributed by atoms with Crippen LogP contribution in [0, 0.1) is 10.1 Å². The first-order valence-corrected chi connectivity index (χ1v) is 3.85. The van der Waals surface area contributed by atoms with Crippen LogP contribution >= 0.6 is 0 Å². The molecule has 0 aromatic carbocycles. The van der Waals surface area contributed by atoms with Gasteiger partial charge in [-0.3, -0.25) is 14.8 Å². The van der Waals surface area contributed by atoms with Gasteiger partial charge in [-0.1, -0.05) is 0 Å². The SMILES string of the molecule is C[C@@H](O)Cc1c([N+](=O)[O-])cnn1C. The Morgan fingerprint density at radius 2 is 2.46 bits per heavy atom. The van der Waals surface area contributed by atoms with Crippen molar-refractivity contribution in [3.05, 3.63) is 22.0 Å². The molecule has 1 heterocycles. The van der Waals surface area contributed by atoms with Crippen LogP contribution in [0.3, 0.4) is 0 Å². The minimum absolute atomic E-state index is 0.0385. The molecule has 0 aliphatic rings. The number of aryl methyl sites for hydroxylation is 1. The number of aliphatic hydroxyl groups is 1. The van der Waals surface area contributed by atoms with Gasteiger partial charge in [0.15, 0.2) is 0 Å². The fraction of sp³-hybridized carbons (Fsp3) is 0.571. The van der Waals surface area contributed by atoms with Gasteiger partial charge in [-0.2, -0.15) is 5.10 Å². The van der Waals surface area contributed by atoms with Crippen LogP contribution in [0.1, 0.15) is 12.6 Å². The van der Waals surface area contributed by atoms with E-state index >= 15 is 0 Å². The van der Waals surface area contributed by atoms with Gasteiger partial charge in [0, 0.05) is 13.5 Å². The summed E-state index contributed by atoms with van der Waals surface area (Å²) in [5.41, 5.74) is 0.406. The Balaban J connectivity index is 3.01. The van der Waals surface area contributed by atoms with Crippen molar-refractivity contribution in [3.8, 4) is 0 Å². The van der Waals surface area contributed by atoms with Crippen molar-refractivity contribution in [1.29, 1.82) is 0 Å². The summed E-state index contributed by atoms with van der Waals surface area (Å²) in [5.74, 6) is 0. The maximum absolute atomic E-state index is 10.5. The number of hydrogen-bond acceptors (Lipinski definition) is 4. The molecule has 0 saturated carbocycles. The summed E-state index contributed by atoms with van der Waals surface area (Å²) in [6, 6.07) is 0. The molecule has 1 aromatic rings. The van der Waals surface area contributed by atoms with Crippen molar-refractivity contribution in [2.45, 2.75) is 19.4 Å². The first kappa shape index (κ1) is 9.66. The van der Waals surface area contributed by atoms with Gasteiger partial charge in [-0.25, -0.2) is 0 Å². The van der Waals surface area contributed by atoms with Gasteiger partial charge in [0.1, 0.15) is 11.9 Å². The smallest absolute Gasteiger partial charge is 0.310 e. The molecule has 1 N–H and O–H groups in total. The summed E-state index contributed by atoms with van der Waals surface area (Å²) < 4.78 is 1.41. The lowest BCUT2D eigenvalue weighted by Crippen LogP contribution is -2.10. The molecule has 1 atom stereocenters. The molecule has 0 fully saturated rings. The van der Waals surface area contributed by atoms with E-state index < -0.39 is 11.0 Å². The van der Waals surface area contributed by atoms with Crippen LogP contribution in [-0.4, -0.2) is 25.9 Å². The fourth-order valence-corrected chi connectivity index (χ4v) is 1.12. The molecular weight excluding hydrogens is 174 g/mol. The molecule has 6 nitrogen and oxygen atoms in total. The van der Waals surface area contributed by atoms with Crippen molar-refractivity contribution in [1.82, 2.24) is 9.78 Å². The molecule has 0 amide bonds. The van der Waals surface area contributed by atoms with E-state index in [9.17, 15) is 10.1 Å². The summed E-state index contributed by atoms with van der Waals surface area (Å²) >= 11 is 0. The van der Waals surface area contributed by atoms with Crippen LogP contribution in [0.25, 0.3) is 0 Å². The van der Waals surface area contributed by atoms with Gasteiger partial charge >= 0.3 is 5.69 Å². The van der Waals surface area contributed by atoms with Gasteiger partial charge in [0.2, 0.25) is 0 Å². The molecule has 0 unspecified atom stereocenters. The second-order valence-corrected chi connectivity index (χ2v) is 2.91. The lowest BCUT2D eigenvalue weighted by molar-refractivity contribution is -0.385. The van der Waals surface area contributed by atoms with E-state index in [-0.39, 0.29) is 12.1 Å². The highest BCUT2D eigenvalue weighted by Crippen LogP contribution is 2.18. The maximum Gasteiger partial charge on any atom is 0.310 e. The molecule has 0 radical (unpaired) electrons. The Kier molecular flexibility index (Phi) is 2.62. The number of aromatic nitrogens is 2. The minimum Gasteiger partial charge on any atom is -0.393 e. The normalized spacial score (nSPS) is 12.8. The number of hydrogen-bond donors (Lipinski definition) is 1. The van der Waals surface area contributed by atoms with Crippen molar-refractivity contribution < 1.29 is 10.0 Å². The van der Waals surface area contributed by atoms with E-state index in [2.05, 4.69) is 5.10 Å². The third-order valence-corrected chi connectivity index (χ3v) is 1.72. The predicted molar refractivity (Wildman–Crippen MR) is 45.2 cm³/mol. The average Bonchev–Trinajstić information content (AvgIpc) is 2.32. The standard InChI is InChI=1S/C7H11N3O3/c1-5(11)3-6-7(10(12)13)4-8-9(6)2/h4-5,11H,3H2,1-2H3/t5-/m1/s1. The maximum atomic E-state index is 10.5. The number of aliphatic hydroxyl groups excluding tert-OH is 1. The Bertz CT molecular complexity index is 319. The summed E-state index contributed by atoms with van der Waals surface area (Å²) in [5, 5.41) is 23.3. The highest BCUT2D eigenvalue weighted by molar-refractivity contribution is 5.33. The summed E-state index contributed by atoms with van der Waals surface area (Å²) in [6.07, 6.45) is 0.832. The lowest BCUT2D eigenvalue weighted by Gasteiger charge is -2.03. The van der Waals surface area contributed by atoms with Crippen molar-refractivity contribution in [2.24, 2.45) is 7.05 Å². The van der Waals surface area contributed by atoms with Crippen molar-refractivity contribution >= 4 is 5.69 Å². The number of nitro groups is 1. The number of rotatable bonds is 3. The molecule has 0 spiro atoms. The molecule has 0 saturated heterocycles. The van der Waals surface area contributed by atoms with Crippen LogP contribution in [0.2, 0.25) is 0 Å². The Labute approximate surface area is 74.9 Å². The fourth-order valence-electron chi connectivity index (χ4n) is 1.12. The quantitative estimate of drug-likeness (QED) is 0.540. The Hall–Kier alpha value is -1.43. The van der Waals surface area contributed by atoms with Crippen LogP contribution in [0.4, 0.5) is 5.69 Å². The molecular formula is C7H11N3O3. The monoisotopic (exact) mass is 185 g/mol. The van der Waals surface area contributed by atoms with Gasteiger partial charge in [0.05, 0.1) is 11.0 Å². The van der Waals surface area contributed by atoms with Gasteiger partial charge in [-0.15, -0.1) is 0 Å². The second-order valence-electron chi connectivity index (χ2n) is 2.91. The molecule has 1 rings (SSSR count). The van der Waals surface area contributed by atoms with Crippen LogP contribution < -0.4 is 0 Å². The third-order valence-electron chi connectivity index (χ3n) is 1.72. The van der Waals surface area contributed by atoms with E-state index in [4.69, 9.17) is 5.11 Å². The van der Waals surface area contributed by atoms with E-state index in [0.717, 1.165) is 0 Å². The lowest BCUT2D eigenvalue weighted by atomic mass is 10.2. The largest absolute Gasteiger partial charge is 0.393 e. The molecule has 13 heavy (non-hydrogen) atoms. The summed E-state index contributed by atoms with van der Waals surface area (Å²) in [7, 11) is 1.62. The molecule has 0 aliphatic carbocycles. The van der Waals surface area contributed by atoms with E-state index in [1.165, 1.54) is 10.9 Å². The first-order valence-electron chi connectivity index (χ1n) is 3.85. The minimum atomic E-state index is -0.603. The number of nitrogens with zero attached hydrogens (tertiary/aromatic N) is 3. The van der Waals surface area contributed by atoms with Crippen LogP contribution in [-0.2, 0) is 13.5 Å².